The molecule has 0 aliphatic rings. The Bertz CT molecular complexity index is 16.1. The molecule has 46 valence electrons. The van der Waals surface area contributed by atoms with Gasteiger partial charge in [-0.3, -0.25) is 0 Å². The predicted octanol–water partition coefficient (Wildman–Crippen LogP) is 2.21. The molecule has 0 amide bonds. The van der Waals surface area contributed by atoms with Gasteiger partial charge in [0.2, 0.25) is 0 Å². The molecule has 0 rings (SSSR count). The SMILES string of the molecule is [CH2-]CCCC[CH2-].[Ni+2]. The van der Waals surface area contributed by atoms with E-state index < -0.39 is 0 Å². The first-order valence-electron chi connectivity index (χ1n) is 2.50. The number of hydrogen-bond acceptors (Lipinski definition) is 0. The molecule has 0 aliphatic heterocycles. The topological polar surface area (TPSA) is 0 Å². The molecule has 0 bridgehead atoms. The summed E-state index contributed by atoms with van der Waals surface area (Å²) in [6.07, 6.45) is 4.61. The predicted molar refractivity (Wildman–Crippen MR) is 29.2 cm³/mol. The van der Waals surface area contributed by atoms with Gasteiger partial charge < -0.3 is 13.8 Å². The molecule has 0 atom stereocenters. The molecule has 0 saturated heterocycles. The Balaban J connectivity index is 0. The number of hydrogen-bond donors (Lipinski definition) is 0. The fourth-order valence-corrected chi connectivity index (χ4v) is 0.354. The summed E-state index contributed by atoms with van der Waals surface area (Å²) in [6, 6.07) is 0. The van der Waals surface area contributed by atoms with Gasteiger partial charge in [0, 0.05) is 0 Å². The smallest absolute Gasteiger partial charge is 0.343 e. The van der Waals surface area contributed by atoms with Gasteiger partial charge in [-0.15, -0.1) is 0 Å². The van der Waals surface area contributed by atoms with Crippen LogP contribution in [-0.4, -0.2) is 0 Å². The minimum absolute atomic E-state index is 0. The molecule has 0 aromatic carbocycles. The Morgan fingerprint density at radius 3 is 1.29 bits per heavy atom. The van der Waals surface area contributed by atoms with Gasteiger partial charge in [-0.1, -0.05) is 12.8 Å². The fourth-order valence-electron chi connectivity index (χ4n) is 0.354. The molecule has 0 spiro atoms. The first-order chi connectivity index (χ1) is 2.91. The van der Waals surface area contributed by atoms with Crippen LogP contribution in [0, 0.1) is 13.8 Å². The van der Waals surface area contributed by atoms with Crippen molar-refractivity contribution in [2.75, 3.05) is 0 Å². The van der Waals surface area contributed by atoms with Crippen LogP contribution < -0.4 is 0 Å². The van der Waals surface area contributed by atoms with Crippen LogP contribution >= 0.6 is 0 Å². The molecule has 0 aliphatic carbocycles. The van der Waals surface area contributed by atoms with Crippen LogP contribution in [0.25, 0.3) is 0 Å². The van der Waals surface area contributed by atoms with E-state index in [0.717, 1.165) is 12.8 Å². The van der Waals surface area contributed by atoms with E-state index in [1.807, 2.05) is 0 Å². The largest absolute Gasteiger partial charge is 2.00 e. The van der Waals surface area contributed by atoms with Crippen LogP contribution in [0.1, 0.15) is 25.7 Å². The van der Waals surface area contributed by atoms with Gasteiger partial charge in [-0.25, -0.2) is 0 Å². The Hall–Kier alpha value is 0.494. The zero-order valence-corrected chi connectivity index (χ0v) is 5.55. The van der Waals surface area contributed by atoms with E-state index in [1.165, 1.54) is 12.8 Å². The standard InChI is InChI=1S/C6H12.Ni/c1-3-5-6-4-2;/h1-6H2;/q-2;+2. The van der Waals surface area contributed by atoms with Gasteiger partial charge in [0.25, 0.3) is 0 Å². The van der Waals surface area contributed by atoms with Crippen molar-refractivity contribution in [1.29, 1.82) is 0 Å². The summed E-state index contributed by atoms with van der Waals surface area (Å²) in [5.74, 6) is 0. The zero-order valence-electron chi connectivity index (χ0n) is 4.56. The number of rotatable bonds is 3. The molecule has 0 unspecified atom stereocenters. The van der Waals surface area contributed by atoms with E-state index in [-0.39, 0.29) is 16.5 Å². The summed E-state index contributed by atoms with van der Waals surface area (Å²) < 4.78 is 0. The molecule has 0 nitrogen and oxygen atoms in total. The molecule has 0 radical (unpaired) electrons. The molecule has 0 heterocycles. The Morgan fingerprint density at radius 1 is 0.857 bits per heavy atom. The maximum Gasteiger partial charge on any atom is 2.00 e. The van der Waals surface area contributed by atoms with E-state index in [9.17, 15) is 0 Å². The third-order valence-electron chi connectivity index (χ3n) is 0.750. The first-order valence-corrected chi connectivity index (χ1v) is 2.50. The second-order valence-corrected chi connectivity index (χ2v) is 1.41. The van der Waals surface area contributed by atoms with Gasteiger partial charge in [0.05, 0.1) is 0 Å². The van der Waals surface area contributed by atoms with E-state index >= 15 is 0 Å². The summed E-state index contributed by atoms with van der Waals surface area (Å²) in [7, 11) is 0. The molecule has 1 heteroatoms. The van der Waals surface area contributed by atoms with Crippen LogP contribution in [0.4, 0.5) is 0 Å². The minimum Gasteiger partial charge on any atom is -0.343 e. The molecule has 0 saturated carbocycles. The van der Waals surface area contributed by atoms with Crippen LogP contribution in [0.3, 0.4) is 0 Å². The van der Waals surface area contributed by atoms with Crippen LogP contribution in [0.2, 0.25) is 0 Å². The summed E-state index contributed by atoms with van der Waals surface area (Å²) in [6.45, 7) is 7.39. The molecule has 0 aromatic heterocycles. The molecular formula is C6H12Ni. The second kappa shape index (κ2) is 9.71. The van der Waals surface area contributed by atoms with E-state index in [0.29, 0.717) is 0 Å². The van der Waals surface area contributed by atoms with Gasteiger partial charge in [0.15, 0.2) is 0 Å². The quantitative estimate of drug-likeness (QED) is 0.322. The minimum atomic E-state index is 0. The molecule has 0 N–H and O–H groups in total. The number of unbranched alkanes of at least 4 members (excludes halogenated alkanes) is 3. The Labute approximate surface area is 56.6 Å². The van der Waals surface area contributed by atoms with Crippen molar-refractivity contribution in [1.82, 2.24) is 0 Å². The van der Waals surface area contributed by atoms with Crippen molar-refractivity contribution in [3.05, 3.63) is 13.8 Å². The summed E-state index contributed by atoms with van der Waals surface area (Å²) in [4.78, 5) is 0. The molecule has 0 aromatic rings. The van der Waals surface area contributed by atoms with Crippen molar-refractivity contribution in [3.63, 3.8) is 0 Å². The average molecular weight is 143 g/mol. The summed E-state index contributed by atoms with van der Waals surface area (Å²) in [5, 5.41) is 0. The normalized spacial score (nSPS) is 7.71. The van der Waals surface area contributed by atoms with Crippen molar-refractivity contribution in [2.24, 2.45) is 0 Å². The van der Waals surface area contributed by atoms with Gasteiger partial charge in [0.1, 0.15) is 0 Å². The van der Waals surface area contributed by atoms with Crippen molar-refractivity contribution in [3.8, 4) is 0 Å². The summed E-state index contributed by atoms with van der Waals surface area (Å²) in [5.41, 5.74) is 0. The second-order valence-electron chi connectivity index (χ2n) is 1.41. The van der Waals surface area contributed by atoms with Crippen molar-refractivity contribution in [2.45, 2.75) is 25.7 Å². The van der Waals surface area contributed by atoms with E-state index in [4.69, 9.17) is 0 Å². The van der Waals surface area contributed by atoms with E-state index in [2.05, 4.69) is 13.8 Å². The Kier molecular flexibility index (Phi) is 14.5. The van der Waals surface area contributed by atoms with Crippen molar-refractivity contribution >= 4 is 0 Å². The fraction of sp³-hybridized carbons (Fsp3) is 0.667. The molecular weight excluding hydrogens is 131 g/mol. The van der Waals surface area contributed by atoms with Gasteiger partial charge >= 0.3 is 16.5 Å². The van der Waals surface area contributed by atoms with Crippen molar-refractivity contribution < 1.29 is 16.5 Å². The van der Waals surface area contributed by atoms with E-state index in [1.54, 1.807) is 0 Å². The third kappa shape index (κ3) is 10.7. The van der Waals surface area contributed by atoms with Crippen LogP contribution in [0.5, 0.6) is 0 Å². The maximum atomic E-state index is 3.70. The van der Waals surface area contributed by atoms with Gasteiger partial charge in [-0.2, -0.15) is 12.8 Å². The molecule has 7 heavy (non-hydrogen) atoms. The third-order valence-corrected chi connectivity index (χ3v) is 0.750. The molecule has 0 fully saturated rings. The van der Waals surface area contributed by atoms with Crippen LogP contribution in [-0.2, 0) is 16.5 Å². The zero-order chi connectivity index (χ0) is 4.83. The Morgan fingerprint density at radius 2 is 1.14 bits per heavy atom. The first kappa shape index (κ1) is 10.5. The van der Waals surface area contributed by atoms with Gasteiger partial charge in [-0.05, 0) is 0 Å². The van der Waals surface area contributed by atoms with Crippen LogP contribution in [0.15, 0.2) is 0 Å². The maximum absolute atomic E-state index is 3.70. The monoisotopic (exact) mass is 142 g/mol. The average Bonchev–Trinajstić information content (AvgIpc) is 1.61. The summed E-state index contributed by atoms with van der Waals surface area (Å²) >= 11 is 0.